The summed E-state index contributed by atoms with van der Waals surface area (Å²) in [6.07, 6.45) is 2.59. The third-order valence-electron chi connectivity index (χ3n) is 4.90. The number of benzene rings is 2. The zero-order valence-corrected chi connectivity index (χ0v) is 11.5. The number of hydrogen-bond donors (Lipinski definition) is 2. The molecule has 2 aromatic carbocycles. The Morgan fingerprint density at radius 2 is 1.70 bits per heavy atom. The summed E-state index contributed by atoms with van der Waals surface area (Å²) < 4.78 is 0. The lowest BCUT2D eigenvalue weighted by atomic mass is 9.80. The number of anilines is 1. The minimum Gasteiger partial charge on any atom is -0.399 e. The Morgan fingerprint density at radius 1 is 0.950 bits per heavy atom. The van der Waals surface area contributed by atoms with Gasteiger partial charge in [0.25, 0.3) is 0 Å². The van der Waals surface area contributed by atoms with Crippen LogP contribution in [-0.2, 0) is 0 Å². The summed E-state index contributed by atoms with van der Waals surface area (Å²) in [7, 11) is 0. The first-order chi connectivity index (χ1) is 9.84. The number of piperidine rings is 1. The van der Waals surface area contributed by atoms with Crippen LogP contribution in [0.2, 0.25) is 0 Å². The van der Waals surface area contributed by atoms with E-state index in [1.54, 1.807) is 0 Å². The summed E-state index contributed by atoms with van der Waals surface area (Å²) in [6, 6.07) is 17.9. The van der Waals surface area contributed by atoms with Gasteiger partial charge in [0.2, 0.25) is 0 Å². The van der Waals surface area contributed by atoms with Gasteiger partial charge >= 0.3 is 0 Å². The van der Waals surface area contributed by atoms with E-state index in [0.29, 0.717) is 17.9 Å². The van der Waals surface area contributed by atoms with Crippen LogP contribution in [0.5, 0.6) is 0 Å². The number of fused-ring (bicyclic) bond motifs is 3. The van der Waals surface area contributed by atoms with E-state index in [2.05, 4.69) is 41.7 Å². The summed E-state index contributed by atoms with van der Waals surface area (Å²) in [4.78, 5) is 0. The van der Waals surface area contributed by atoms with E-state index in [1.165, 1.54) is 29.5 Å². The summed E-state index contributed by atoms with van der Waals surface area (Å²) in [6.45, 7) is 1.14. The van der Waals surface area contributed by atoms with Gasteiger partial charge in [-0.15, -0.1) is 0 Å². The van der Waals surface area contributed by atoms with E-state index in [1.807, 2.05) is 12.1 Å². The van der Waals surface area contributed by atoms with Gasteiger partial charge < -0.3 is 11.1 Å². The van der Waals surface area contributed by atoms with Crippen molar-refractivity contribution in [2.45, 2.75) is 24.8 Å². The van der Waals surface area contributed by atoms with Gasteiger partial charge in [0.1, 0.15) is 0 Å². The average molecular weight is 264 g/mol. The van der Waals surface area contributed by atoms with Crippen LogP contribution in [0.3, 0.4) is 0 Å². The smallest absolute Gasteiger partial charge is 0.0360 e. The molecule has 2 heteroatoms. The van der Waals surface area contributed by atoms with E-state index in [0.717, 1.165) is 12.2 Å². The fraction of sp³-hybridized carbons (Fsp3) is 0.333. The van der Waals surface area contributed by atoms with Crippen LogP contribution < -0.4 is 11.1 Å². The molecule has 2 nitrogen and oxygen atoms in total. The Labute approximate surface area is 120 Å². The maximum atomic E-state index is 5.84. The van der Waals surface area contributed by atoms with Gasteiger partial charge in [0.15, 0.2) is 0 Å². The highest BCUT2D eigenvalue weighted by molar-refractivity contribution is 5.49. The van der Waals surface area contributed by atoms with Crippen molar-refractivity contribution in [2.75, 3.05) is 12.3 Å². The molecule has 0 saturated carbocycles. The van der Waals surface area contributed by atoms with Crippen LogP contribution in [0.1, 0.15) is 41.5 Å². The second kappa shape index (κ2) is 4.64. The highest BCUT2D eigenvalue weighted by atomic mass is 14.9. The van der Waals surface area contributed by atoms with Crippen LogP contribution >= 0.6 is 0 Å². The molecule has 1 heterocycles. The minimum absolute atomic E-state index is 0.518. The molecule has 1 fully saturated rings. The van der Waals surface area contributed by atoms with Gasteiger partial charge in [-0.2, -0.15) is 0 Å². The van der Waals surface area contributed by atoms with Crippen molar-refractivity contribution in [3.8, 4) is 0 Å². The SMILES string of the molecule is Nc1ccc(C2c3ccccc3C3NCCCC32)cc1. The van der Waals surface area contributed by atoms with E-state index in [4.69, 9.17) is 5.73 Å². The monoisotopic (exact) mass is 264 g/mol. The summed E-state index contributed by atoms with van der Waals surface area (Å²) in [5.74, 6) is 1.20. The van der Waals surface area contributed by atoms with Crippen molar-refractivity contribution < 1.29 is 0 Å². The first-order valence-electron chi connectivity index (χ1n) is 7.52. The van der Waals surface area contributed by atoms with Crippen LogP contribution in [0.4, 0.5) is 5.69 Å². The molecule has 0 aromatic heterocycles. The minimum atomic E-state index is 0.518. The number of nitrogens with one attached hydrogen (secondary N) is 1. The molecule has 3 unspecified atom stereocenters. The van der Waals surface area contributed by atoms with Crippen molar-refractivity contribution in [1.82, 2.24) is 5.32 Å². The van der Waals surface area contributed by atoms with Gasteiger partial charge in [0.05, 0.1) is 0 Å². The largest absolute Gasteiger partial charge is 0.399 e. The fourth-order valence-electron chi connectivity index (χ4n) is 4.05. The van der Waals surface area contributed by atoms with Crippen LogP contribution in [0.15, 0.2) is 48.5 Å². The molecule has 2 aliphatic rings. The standard InChI is InChI=1S/C18H20N2/c19-13-9-7-12(8-10-13)17-14-4-1-2-5-15(14)18-16(17)6-3-11-20-18/h1-2,4-5,7-10,16-18,20H,3,6,11,19H2. The second-order valence-corrected chi connectivity index (χ2v) is 6.01. The lowest BCUT2D eigenvalue weighted by Gasteiger charge is -2.31. The topological polar surface area (TPSA) is 38.0 Å². The molecular weight excluding hydrogens is 244 g/mol. The number of nitrogens with two attached hydrogens (primary N) is 1. The van der Waals surface area contributed by atoms with E-state index in [9.17, 15) is 0 Å². The predicted molar refractivity (Wildman–Crippen MR) is 82.6 cm³/mol. The third-order valence-corrected chi connectivity index (χ3v) is 4.90. The normalized spacial score (nSPS) is 27.9. The van der Waals surface area contributed by atoms with E-state index >= 15 is 0 Å². The second-order valence-electron chi connectivity index (χ2n) is 6.01. The Bertz CT molecular complexity index is 618. The molecule has 1 saturated heterocycles. The van der Waals surface area contributed by atoms with Gasteiger partial charge in [0, 0.05) is 17.6 Å². The van der Waals surface area contributed by atoms with Gasteiger partial charge in [-0.05, 0) is 54.1 Å². The number of nitrogen functional groups attached to an aromatic ring is 1. The van der Waals surface area contributed by atoms with Crippen molar-refractivity contribution in [1.29, 1.82) is 0 Å². The molecule has 3 atom stereocenters. The molecule has 0 spiro atoms. The molecule has 3 N–H and O–H groups in total. The number of hydrogen-bond acceptors (Lipinski definition) is 2. The maximum absolute atomic E-state index is 5.84. The van der Waals surface area contributed by atoms with E-state index < -0.39 is 0 Å². The molecular formula is C18H20N2. The molecule has 0 bridgehead atoms. The molecule has 2 aromatic rings. The summed E-state index contributed by atoms with van der Waals surface area (Å²) >= 11 is 0. The Balaban J connectivity index is 1.83. The Morgan fingerprint density at radius 3 is 2.50 bits per heavy atom. The quantitative estimate of drug-likeness (QED) is 0.774. The molecule has 102 valence electrons. The maximum Gasteiger partial charge on any atom is 0.0360 e. The fourth-order valence-corrected chi connectivity index (χ4v) is 4.05. The molecule has 4 rings (SSSR count). The lowest BCUT2D eigenvalue weighted by Crippen LogP contribution is -2.32. The average Bonchev–Trinajstić information content (AvgIpc) is 2.83. The van der Waals surface area contributed by atoms with Crippen molar-refractivity contribution in [3.63, 3.8) is 0 Å². The van der Waals surface area contributed by atoms with Gasteiger partial charge in [-0.1, -0.05) is 36.4 Å². The van der Waals surface area contributed by atoms with Gasteiger partial charge in [-0.3, -0.25) is 0 Å². The van der Waals surface area contributed by atoms with Crippen molar-refractivity contribution in [2.24, 2.45) is 5.92 Å². The van der Waals surface area contributed by atoms with Crippen molar-refractivity contribution >= 4 is 5.69 Å². The summed E-state index contributed by atoms with van der Waals surface area (Å²) in [5.41, 5.74) is 11.1. The molecule has 0 amide bonds. The van der Waals surface area contributed by atoms with Crippen molar-refractivity contribution in [3.05, 3.63) is 65.2 Å². The zero-order valence-electron chi connectivity index (χ0n) is 11.5. The Hall–Kier alpha value is -1.80. The highest BCUT2D eigenvalue weighted by Crippen LogP contribution is 2.51. The predicted octanol–water partition coefficient (Wildman–Crippen LogP) is 3.46. The lowest BCUT2D eigenvalue weighted by molar-refractivity contribution is 0.287. The molecule has 1 aliphatic carbocycles. The Kier molecular flexibility index (Phi) is 2.78. The highest BCUT2D eigenvalue weighted by Gasteiger charge is 2.41. The first kappa shape index (κ1) is 12.0. The molecule has 1 aliphatic heterocycles. The zero-order chi connectivity index (χ0) is 13.5. The van der Waals surface area contributed by atoms with E-state index in [-0.39, 0.29) is 0 Å². The van der Waals surface area contributed by atoms with Crippen LogP contribution in [0, 0.1) is 5.92 Å². The summed E-state index contributed by atoms with van der Waals surface area (Å²) in [5, 5.41) is 3.72. The third kappa shape index (κ3) is 1.75. The molecule has 20 heavy (non-hydrogen) atoms. The van der Waals surface area contributed by atoms with Crippen LogP contribution in [-0.4, -0.2) is 6.54 Å². The van der Waals surface area contributed by atoms with Crippen LogP contribution in [0.25, 0.3) is 0 Å². The molecule has 0 radical (unpaired) electrons. The number of rotatable bonds is 1. The van der Waals surface area contributed by atoms with Gasteiger partial charge in [-0.25, -0.2) is 0 Å². The first-order valence-corrected chi connectivity index (χ1v) is 7.52.